The fraction of sp³-hybridized carbons (Fsp3) is 0.846. The lowest BCUT2D eigenvalue weighted by Gasteiger charge is -2.33. The van der Waals surface area contributed by atoms with Crippen LogP contribution in [-0.4, -0.2) is 42.6 Å². The number of piperidine rings is 1. The van der Waals surface area contributed by atoms with Crippen LogP contribution in [0.25, 0.3) is 0 Å². The molecule has 5 heteroatoms. The molecule has 0 aromatic carbocycles. The molecular formula is C13H26N2O3. The van der Waals surface area contributed by atoms with Gasteiger partial charge in [-0.25, -0.2) is 4.79 Å². The first-order valence-corrected chi connectivity index (χ1v) is 6.40. The average Bonchev–Trinajstić information content (AvgIpc) is 2.19. The first-order valence-electron chi connectivity index (χ1n) is 6.40. The highest BCUT2D eigenvalue weighted by Crippen LogP contribution is 2.20. The van der Waals surface area contributed by atoms with Crippen LogP contribution in [0.4, 0.5) is 4.79 Å². The minimum absolute atomic E-state index is 0. The Labute approximate surface area is 110 Å². The molecule has 1 aliphatic heterocycles. The molecule has 0 aromatic rings. The molecule has 18 heavy (non-hydrogen) atoms. The highest BCUT2D eigenvalue weighted by atomic mass is 16.6. The third-order valence-electron chi connectivity index (χ3n) is 3.09. The van der Waals surface area contributed by atoms with Crippen molar-refractivity contribution in [1.29, 1.82) is 0 Å². The minimum Gasteiger partial charge on any atom is -0.444 e. The van der Waals surface area contributed by atoms with E-state index in [2.05, 4.69) is 5.32 Å². The average molecular weight is 258 g/mol. The lowest BCUT2D eigenvalue weighted by Crippen LogP contribution is -2.46. The van der Waals surface area contributed by atoms with Crippen LogP contribution in [0.3, 0.4) is 0 Å². The number of ether oxygens (including phenoxy) is 1. The minimum atomic E-state index is -0.474. The molecule has 1 rings (SSSR count). The van der Waals surface area contributed by atoms with Crippen molar-refractivity contribution >= 4 is 12.0 Å². The Morgan fingerprint density at radius 1 is 1.56 bits per heavy atom. The molecule has 0 aliphatic carbocycles. The lowest BCUT2D eigenvalue weighted by molar-refractivity contribution is -0.124. The molecule has 0 spiro atoms. The molecule has 1 fully saturated rings. The standard InChI is InChI=1S/C13H24N2O3.H2/c1-9-6-11(16)14-7-10(9)8-15(5)12(17)18-13(2,3)4;/h9-10H,6-8H2,1-5H3,(H,14,16);1H. The number of nitrogens with zero attached hydrogens (tertiary/aromatic N) is 1. The van der Waals surface area contributed by atoms with Gasteiger partial charge in [0.15, 0.2) is 0 Å². The van der Waals surface area contributed by atoms with Crippen molar-refractivity contribution in [3.63, 3.8) is 0 Å². The summed E-state index contributed by atoms with van der Waals surface area (Å²) in [5, 5.41) is 2.84. The van der Waals surface area contributed by atoms with Crippen LogP contribution in [0.2, 0.25) is 0 Å². The summed E-state index contributed by atoms with van der Waals surface area (Å²) in [4.78, 5) is 24.6. The van der Waals surface area contributed by atoms with E-state index in [1.807, 2.05) is 27.7 Å². The van der Waals surface area contributed by atoms with Crippen LogP contribution < -0.4 is 5.32 Å². The monoisotopic (exact) mass is 258 g/mol. The zero-order chi connectivity index (χ0) is 13.9. The first kappa shape index (κ1) is 14.8. The first-order chi connectivity index (χ1) is 8.19. The molecule has 106 valence electrons. The van der Waals surface area contributed by atoms with Gasteiger partial charge in [0.05, 0.1) is 0 Å². The predicted octanol–water partition coefficient (Wildman–Crippen LogP) is 1.87. The topological polar surface area (TPSA) is 58.6 Å². The SMILES string of the molecule is CC1CC(=O)NCC1CN(C)C(=O)OC(C)(C)C.[HH]. The molecule has 0 bridgehead atoms. The van der Waals surface area contributed by atoms with Crippen molar-refractivity contribution in [3.8, 4) is 0 Å². The van der Waals surface area contributed by atoms with Crippen molar-refractivity contribution in [2.24, 2.45) is 11.8 Å². The second-order valence-electron chi connectivity index (χ2n) is 6.11. The summed E-state index contributed by atoms with van der Waals surface area (Å²) in [7, 11) is 1.73. The molecule has 0 saturated carbocycles. The molecule has 1 heterocycles. The van der Waals surface area contributed by atoms with Crippen LogP contribution in [0.1, 0.15) is 35.5 Å². The fourth-order valence-electron chi connectivity index (χ4n) is 1.99. The molecule has 1 saturated heterocycles. The van der Waals surface area contributed by atoms with E-state index >= 15 is 0 Å². The van der Waals surface area contributed by atoms with E-state index in [0.29, 0.717) is 31.3 Å². The molecule has 0 aromatic heterocycles. The van der Waals surface area contributed by atoms with Gasteiger partial charge in [-0.15, -0.1) is 0 Å². The molecular weight excluding hydrogens is 232 g/mol. The van der Waals surface area contributed by atoms with Crippen LogP contribution in [-0.2, 0) is 9.53 Å². The number of amides is 2. The number of carbonyl (C=O) groups excluding carboxylic acids is 2. The van der Waals surface area contributed by atoms with Gasteiger partial charge in [0, 0.05) is 28.0 Å². The third kappa shape index (κ3) is 4.55. The molecule has 2 amide bonds. The van der Waals surface area contributed by atoms with E-state index in [0.717, 1.165) is 0 Å². The molecule has 1 aliphatic rings. The summed E-state index contributed by atoms with van der Waals surface area (Å²) in [6, 6.07) is 0. The number of hydrogen-bond acceptors (Lipinski definition) is 3. The van der Waals surface area contributed by atoms with Gasteiger partial charge in [0.25, 0.3) is 0 Å². The zero-order valence-electron chi connectivity index (χ0n) is 11.9. The predicted molar refractivity (Wildman–Crippen MR) is 71.3 cm³/mol. The Morgan fingerprint density at radius 3 is 2.67 bits per heavy atom. The Bertz CT molecular complexity index is 328. The van der Waals surface area contributed by atoms with Gasteiger partial charge >= 0.3 is 6.09 Å². The van der Waals surface area contributed by atoms with Gasteiger partial charge in [-0.05, 0) is 32.6 Å². The second kappa shape index (κ2) is 5.59. The van der Waals surface area contributed by atoms with E-state index in [9.17, 15) is 9.59 Å². The van der Waals surface area contributed by atoms with Gasteiger partial charge in [0.2, 0.25) is 5.91 Å². The summed E-state index contributed by atoms with van der Waals surface area (Å²) in [6.07, 6.45) is 0.221. The quantitative estimate of drug-likeness (QED) is 0.822. The maximum Gasteiger partial charge on any atom is 0.410 e. The normalized spacial score (nSPS) is 24.4. The molecule has 0 radical (unpaired) electrons. The van der Waals surface area contributed by atoms with Crippen molar-refractivity contribution in [1.82, 2.24) is 10.2 Å². The van der Waals surface area contributed by atoms with Crippen molar-refractivity contribution in [2.75, 3.05) is 20.1 Å². The number of hydrogen-bond donors (Lipinski definition) is 1. The summed E-state index contributed by atoms with van der Waals surface area (Å²) in [5.41, 5.74) is -0.474. The van der Waals surface area contributed by atoms with E-state index in [1.54, 1.807) is 11.9 Å². The van der Waals surface area contributed by atoms with Crippen LogP contribution in [0, 0.1) is 11.8 Å². The summed E-state index contributed by atoms with van der Waals surface area (Å²) < 4.78 is 5.30. The van der Waals surface area contributed by atoms with E-state index in [4.69, 9.17) is 4.74 Å². The number of rotatable bonds is 2. The maximum atomic E-state index is 11.8. The Morgan fingerprint density at radius 2 is 2.17 bits per heavy atom. The summed E-state index contributed by atoms with van der Waals surface area (Å²) in [6.45, 7) is 8.84. The van der Waals surface area contributed by atoms with Crippen molar-refractivity contribution in [2.45, 2.75) is 39.7 Å². The fourth-order valence-corrected chi connectivity index (χ4v) is 1.99. The van der Waals surface area contributed by atoms with E-state index in [-0.39, 0.29) is 13.4 Å². The molecule has 5 nitrogen and oxygen atoms in total. The largest absolute Gasteiger partial charge is 0.444 e. The smallest absolute Gasteiger partial charge is 0.410 e. The highest BCUT2D eigenvalue weighted by Gasteiger charge is 2.29. The van der Waals surface area contributed by atoms with Crippen molar-refractivity contribution in [3.05, 3.63) is 0 Å². The van der Waals surface area contributed by atoms with E-state index < -0.39 is 5.60 Å². The van der Waals surface area contributed by atoms with Crippen LogP contribution in [0.5, 0.6) is 0 Å². The van der Waals surface area contributed by atoms with Crippen LogP contribution >= 0.6 is 0 Å². The van der Waals surface area contributed by atoms with E-state index in [1.165, 1.54) is 0 Å². The van der Waals surface area contributed by atoms with Gasteiger partial charge < -0.3 is 15.0 Å². The molecule has 2 atom stereocenters. The van der Waals surface area contributed by atoms with Gasteiger partial charge in [-0.3, -0.25) is 4.79 Å². The third-order valence-corrected chi connectivity index (χ3v) is 3.09. The zero-order valence-corrected chi connectivity index (χ0v) is 11.9. The molecule has 1 N–H and O–H groups in total. The molecule has 2 unspecified atom stereocenters. The second-order valence-corrected chi connectivity index (χ2v) is 6.11. The van der Waals surface area contributed by atoms with Gasteiger partial charge in [-0.2, -0.15) is 0 Å². The Kier molecular flexibility index (Phi) is 4.59. The summed E-state index contributed by atoms with van der Waals surface area (Å²) in [5.74, 6) is 0.683. The van der Waals surface area contributed by atoms with Gasteiger partial charge in [-0.1, -0.05) is 6.92 Å². The van der Waals surface area contributed by atoms with Crippen molar-refractivity contribution < 1.29 is 15.8 Å². The lowest BCUT2D eigenvalue weighted by atomic mass is 9.87. The van der Waals surface area contributed by atoms with Crippen LogP contribution in [0.15, 0.2) is 0 Å². The maximum absolute atomic E-state index is 11.8. The number of nitrogens with one attached hydrogen (secondary N) is 1. The number of carbonyl (C=O) groups is 2. The van der Waals surface area contributed by atoms with Gasteiger partial charge in [0.1, 0.15) is 5.60 Å². The Hall–Kier alpha value is -1.26. The highest BCUT2D eigenvalue weighted by molar-refractivity contribution is 5.77. The summed E-state index contributed by atoms with van der Waals surface area (Å²) >= 11 is 0. The Balaban J connectivity index is 0.00000324.